The number of fused-ring (bicyclic) bond motifs is 1. The zero-order valence-corrected chi connectivity index (χ0v) is 14.3. The van der Waals surface area contributed by atoms with Crippen molar-refractivity contribution in [2.75, 3.05) is 14.2 Å². The molecule has 0 spiro atoms. The molecule has 1 aromatic heterocycles. The Morgan fingerprint density at radius 3 is 2.48 bits per heavy atom. The Hall–Kier alpha value is -2.99. The minimum absolute atomic E-state index is 0.101. The van der Waals surface area contributed by atoms with Gasteiger partial charge in [-0.25, -0.2) is 4.98 Å². The predicted molar refractivity (Wildman–Crippen MR) is 97.3 cm³/mol. The Bertz CT molecular complexity index is 1000. The normalized spacial score (nSPS) is 11.6. The largest absolute Gasteiger partial charge is 0.502 e. The fourth-order valence-electron chi connectivity index (χ4n) is 2.41. The van der Waals surface area contributed by atoms with Gasteiger partial charge in [-0.3, -0.25) is 4.79 Å². The molecule has 0 radical (unpaired) electrons. The third-order valence-corrected chi connectivity index (χ3v) is 3.92. The van der Waals surface area contributed by atoms with Gasteiger partial charge < -0.3 is 19.6 Å². The minimum Gasteiger partial charge on any atom is -0.502 e. The molecule has 0 fully saturated rings. The number of ether oxygens (including phenoxy) is 2. The zero-order valence-electron chi connectivity index (χ0n) is 13.5. The Kier molecular flexibility index (Phi) is 4.63. The van der Waals surface area contributed by atoms with Gasteiger partial charge in [0.05, 0.1) is 30.2 Å². The van der Waals surface area contributed by atoms with Gasteiger partial charge >= 0.3 is 0 Å². The molecule has 0 bridgehead atoms. The van der Waals surface area contributed by atoms with Gasteiger partial charge in [0.1, 0.15) is 0 Å². The molecule has 2 N–H and O–H groups in total. The second kappa shape index (κ2) is 6.86. The highest BCUT2D eigenvalue weighted by Crippen LogP contribution is 2.38. The van der Waals surface area contributed by atoms with Crippen LogP contribution in [0, 0.1) is 0 Å². The van der Waals surface area contributed by atoms with Gasteiger partial charge in [0, 0.05) is 0 Å². The quantitative estimate of drug-likeness (QED) is 0.746. The lowest BCUT2D eigenvalue weighted by Gasteiger charge is -2.10. The predicted octanol–water partition coefficient (Wildman–Crippen LogP) is 3.38. The number of benzene rings is 2. The Labute approximate surface area is 148 Å². The van der Waals surface area contributed by atoms with Gasteiger partial charge in [-0.2, -0.15) is 0 Å². The van der Waals surface area contributed by atoms with Gasteiger partial charge in [0.25, 0.3) is 5.56 Å². The van der Waals surface area contributed by atoms with Crippen molar-refractivity contribution in [3.63, 3.8) is 0 Å². The van der Waals surface area contributed by atoms with Crippen LogP contribution in [0.3, 0.4) is 0 Å². The van der Waals surface area contributed by atoms with E-state index in [-0.39, 0.29) is 33.7 Å². The van der Waals surface area contributed by atoms with E-state index < -0.39 is 0 Å². The molecule has 0 unspecified atom stereocenters. The van der Waals surface area contributed by atoms with Gasteiger partial charge in [-0.15, -0.1) is 0 Å². The van der Waals surface area contributed by atoms with Crippen LogP contribution < -0.4 is 15.0 Å². The number of methoxy groups -OCH3 is 2. The maximum absolute atomic E-state index is 12.1. The molecule has 0 saturated carbocycles. The molecule has 2 aromatic carbocycles. The molecule has 0 aliphatic carbocycles. The molecule has 3 aromatic rings. The molecule has 7 heteroatoms. The first-order valence-electron chi connectivity index (χ1n) is 7.35. The summed E-state index contributed by atoms with van der Waals surface area (Å²) in [6.45, 7) is 0. The van der Waals surface area contributed by atoms with Crippen LogP contribution in [0.25, 0.3) is 22.0 Å². The van der Waals surface area contributed by atoms with Crippen molar-refractivity contribution >= 4 is 33.6 Å². The molecule has 0 atom stereocenters. The molecular weight excluding hydrogens is 344 g/mol. The van der Waals surface area contributed by atoms with Crippen LogP contribution in [0.5, 0.6) is 17.2 Å². The molecule has 128 valence electrons. The molecular formula is C18H15ClN2O4. The average molecular weight is 359 g/mol. The van der Waals surface area contributed by atoms with Crippen LogP contribution in [0.1, 0.15) is 11.4 Å². The number of nitrogens with zero attached hydrogens (tertiary/aromatic N) is 1. The summed E-state index contributed by atoms with van der Waals surface area (Å²) < 4.78 is 10.2. The fourth-order valence-corrected chi connectivity index (χ4v) is 2.63. The van der Waals surface area contributed by atoms with E-state index in [2.05, 4.69) is 9.97 Å². The summed E-state index contributed by atoms with van der Waals surface area (Å²) in [5.74, 6) is 0.636. The molecule has 0 aliphatic heterocycles. The highest BCUT2D eigenvalue weighted by molar-refractivity contribution is 6.50. The second-order valence-corrected chi connectivity index (χ2v) is 5.61. The van der Waals surface area contributed by atoms with Crippen molar-refractivity contribution in [2.24, 2.45) is 0 Å². The van der Waals surface area contributed by atoms with Crippen molar-refractivity contribution in [3.05, 3.63) is 58.1 Å². The summed E-state index contributed by atoms with van der Waals surface area (Å²) in [7, 11) is 2.87. The fraction of sp³-hybridized carbons (Fsp3) is 0.111. The number of aromatic amines is 1. The number of phenolic OH excluding ortho intramolecular Hbond substituents is 1. The number of nitrogens with one attached hydrogen (secondary N) is 1. The third kappa shape index (κ3) is 3.29. The number of para-hydroxylation sites is 1. The standard InChI is InChI=1S/C18H15ClN2O4/c1-24-14-8-10(9-15(25-2)16(14)22)7-12(19)17-20-13-6-4-3-5-11(13)18(23)21-17/h3-9,22H,1-2H3,(H,20,21,23)/b12-7-. The third-order valence-electron chi connectivity index (χ3n) is 3.63. The first kappa shape index (κ1) is 16.9. The number of H-pyrrole nitrogens is 1. The van der Waals surface area contributed by atoms with Crippen molar-refractivity contribution < 1.29 is 14.6 Å². The van der Waals surface area contributed by atoms with Crippen LogP contribution in [-0.2, 0) is 0 Å². The number of phenols is 1. The number of hydrogen-bond acceptors (Lipinski definition) is 5. The summed E-state index contributed by atoms with van der Waals surface area (Å²) >= 11 is 6.33. The first-order chi connectivity index (χ1) is 12.0. The number of aromatic hydroxyl groups is 1. The van der Waals surface area contributed by atoms with Crippen molar-refractivity contribution in [3.8, 4) is 17.2 Å². The van der Waals surface area contributed by atoms with E-state index in [1.54, 1.807) is 42.5 Å². The maximum Gasteiger partial charge on any atom is 0.259 e. The van der Waals surface area contributed by atoms with E-state index in [4.69, 9.17) is 21.1 Å². The summed E-state index contributed by atoms with van der Waals surface area (Å²) in [5, 5.41) is 10.7. The molecule has 1 heterocycles. The Morgan fingerprint density at radius 1 is 1.20 bits per heavy atom. The highest BCUT2D eigenvalue weighted by Gasteiger charge is 2.12. The number of hydrogen-bond donors (Lipinski definition) is 2. The van der Waals surface area contributed by atoms with Crippen LogP contribution in [0.4, 0.5) is 0 Å². The lowest BCUT2D eigenvalue weighted by atomic mass is 10.1. The van der Waals surface area contributed by atoms with Crippen molar-refractivity contribution in [2.45, 2.75) is 0 Å². The minimum atomic E-state index is -0.270. The van der Waals surface area contributed by atoms with Crippen LogP contribution in [-0.4, -0.2) is 29.3 Å². The monoisotopic (exact) mass is 358 g/mol. The van der Waals surface area contributed by atoms with E-state index in [0.29, 0.717) is 16.5 Å². The van der Waals surface area contributed by atoms with Crippen molar-refractivity contribution in [1.29, 1.82) is 0 Å². The second-order valence-electron chi connectivity index (χ2n) is 5.20. The summed E-state index contributed by atoms with van der Waals surface area (Å²) in [4.78, 5) is 19.2. The van der Waals surface area contributed by atoms with Crippen LogP contribution in [0.2, 0.25) is 0 Å². The smallest absolute Gasteiger partial charge is 0.259 e. The van der Waals surface area contributed by atoms with Gasteiger partial charge in [0.15, 0.2) is 17.3 Å². The van der Waals surface area contributed by atoms with E-state index in [0.717, 1.165) is 0 Å². The van der Waals surface area contributed by atoms with Gasteiger partial charge in [-0.05, 0) is 35.9 Å². The first-order valence-corrected chi connectivity index (χ1v) is 7.73. The van der Waals surface area contributed by atoms with Crippen LogP contribution in [0.15, 0.2) is 41.2 Å². The molecule has 0 amide bonds. The van der Waals surface area contributed by atoms with E-state index in [9.17, 15) is 9.90 Å². The molecule has 3 rings (SSSR count). The number of rotatable bonds is 4. The van der Waals surface area contributed by atoms with E-state index in [1.807, 2.05) is 0 Å². The lowest BCUT2D eigenvalue weighted by Crippen LogP contribution is -2.10. The lowest BCUT2D eigenvalue weighted by molar-refractivity contribution is 0.340. The van der Waals surface area contributed by atoms with E-state index in [1.165, 1.54) is 14.2 Å². The van der Waals surface area contributed by atoms with Gasteiger partial charge in [0.2, 0.25) is 5.75 Å². The van der Waals surface area contributed by atoms with E-state index >= 15 is 0 Å². The topological polar surface area (TPSA) is 84.4 Å². The van der Waals surface area contributed by atoms with Crippen molar-refractivity contribution in [1.82, 2.24) is 9.97 Å². The summed E-state index contributed by atoms with van der Waals surface area (Å²) in [6, 6.07) is 10.2. The summed E-state index contributed by atoms with van der Waals surface area (Å²) in [6.07, 6.45) is 1.60. The Balaban J connectivity index is 2.09. The molecule has 0 aliphatic rings. The highest BCUT2D eigenvalue weighted by atomic mass is 35.5. The summed E-state index contributed by atoms with van der Waals surface area (Å²) in [5.41, 5.74) is 0.897. The number of halogens is 1. The van der Waals surface area contributed by atoms with Gasteiger partial charge in [-0.1, -0.05) is 23.7 Å². The maximum atomic E-state index is 12.1. The molecule has 6 nitrogen and oxygen atoms in total. The SMILES string of the molecule is COc1cc(/C=C(\Cl)c2nc3ccccc3c(=O)[nH]2)cc(OC)c1O. The average Bonchev–Trinajstić information content (AvgIpc) is 2.62. The molecule has 0 saturated heterocycles. The van der Waals surface area contributed by atoms with Crippen LogP contribution >= 0.6 is 11.6 Å². The Morgan fingerprint density at radius 2 is 1.84 bits per heavy atom. The molecule has 25 heavy (non-hydrogen) atoms. The number of aromatic nitrogens is 2. The zero-order chi connectivity index (χ0) is 18.0.